The maximum atomic E-state index is 12.2. The molecule has 0 aliphatic heterocycles. The Morgan fingerprint density at radius 2 is 1.88 bits per heavy atom. The molecular formula is C21H25N3O2. The van der Waals surface area contributed by atoms with Gasteiger partial charge in [-0.15, -0.1) is 0 Å². The van der Waals surface area contributed by atoms with Gasteiger partial charge in [-0.1, -0.05) is 25.5 Å². The first-order valence-electron chi connectivity index (χ1n) is 8.97. The normalized spacial score (nSPS) is 10.4. The van der Waals surface area contributed by atoms with Crippen molar-refractivity contribution in [2.24, 2.45) is 0 Å². The van der Waals surface area contributed by atoms with E-state index in [2.05, 4.69) is 17.2 Å². The lowest BCUT2D eigenvalue weighted by atomic mass is 9.99. The summed E-state index contributed by atoms with van der Waals surface area (Å²) in [5.41, 5.74) is 4.01. The molecule has 2 aromatic rings. The Hall–Kier alpha value is -2.87. The van der Waals surface area contributed by atoms with Crippen molar-refractivity contribution in [2.75, 3.05) is 5.32 Å². The van der Waals surface area contributed by atoms with Gasteiger partial charge in [0.2, 0.25) is 5.91 Å². The second-order valence-corrected chi connectivity index (χ2v) is 6.52. The van der Waals surface area contributed by atoms with Gasteiger partial charge in [-0.2, -0.15) is 5.26 Å². The minimum Gasteiger partial charge on any atom is -0.326 e. The van der Waals surface area contributed by atoms with Gasteiger partial charge in [0.15, 0.2) is 0 Å². The molecule has 1 aromatic heterocycles. The van der Waals surface area contributed by atoms with E-state index in [0.29, 0.717) is 17.7 Å². The van der Waals surface area contributed by atoms with Crippen molar-refractivity contribution in [3.63, 3.8) is 0 Å². The monoisotopic (exact) mass is 351 g/mol. The molecule has 2 rings (SSSR count). The zero-order valence-electron chi connectivity index (χ0n) is 15.6. The Morgan fingerprint density at radius 3 is 2.50 bits per heavy atom. The highest BCUT2D eigenvalue weighted by Crippen LogP contribution is 2.16. The number of carbonyl (C=O) groups is 1. The highest BCUT2D eigenvalue weighted by atomic mass is 16.1. The molecule has 1 aromatic carbocycles. The predicted molar refractivity (Wildman–Crippen MR) is 103 cm³/mol. The van der Waals surface area contributed by atoms with E-state index in [4.69, 9.17) is 5.26 Å². The van der Waals surface area contributed by atoms with E-state index in [1.807, 2.05) is 30.3 Å². The number of nitrogens with one attached hydrogen (secondary N) is 2. The lowest BCUT2D eigenvalue weighted by Crippen LogP contribution is -2.18. The zero-order chi connectivity index (χ0) is 19.1. The average Bonchev–Trinajstić information content (AvgIpc) is 2.61. The standard InChI is InChI=1S/C21H25N3O2/c1-4-5-6-16-7-9-17(10-8-16)24-20(25)12-11-18-14(2)19(13-22)21(26)23-15(18)3/h7-10H,4-6,11-12H2,1-3H3,(H,23,26)(H,24,25). The minimum absolute atomic E-state index is 0.0881. The molecule has 1 heterocycles. The molecule has 0 aliphatic rings. The first-order valence-corrected chi connectivity index (χ1v) is 8.97. The number of aryl methyl sites for hydroxylation is 2. The smallest absolute Gasteiger partial charge is 0.266 e. The van der Waals surface area contributed by atoms with E-state index in [1.54, 1.807) is 13.8 Å². The molecule has 26 heavy (non-hydrogen) atoms. The quantitative estimate of drug-likeness (QED) is 0.796. The van der Waals surface area contributed by atoms with Crippen molar-refractivity contribution in [1.82, 2.24) is 4.98 Å². The van der Waals surface area contributed by atoms with Crippen molar-refractivity contribution in [1.29, 1.82) is 5.26 Å². The van der Waals surface area contributed by atoms with E-state index in [-0.39, 0.29) is 23.5 Å². The fraction of sp³-hybridized carbons (Fsp3) is 0.381. The first-order chi connectivity index (χ1) is 12.5. The fourth-order valence-corrected chi connectivity index (χ4v) is 3.02. The number of nitriles is 1. The molecular weight excluding hydrogens is 326 g/mol. The molecule has 5 heteroatoms. The maximum Gasteiger partial charge on any atom is 0.266 e. The van der Waals surface area contributed by atoms with Gasteiger partial charge in [0.25, 0.3) is 5.56 Å². The van der Waals surface area contributed by atoms with Crippen LogP contribution in [0.2, 0.25) is 0 Å². The Kier molecular flexibility index (Phi) is 6.74. The fourth-order valence-electron chi connectivity index (χ4n) is 3.02. The van der Waals surface area contributed by atoms with Gasteiger partial charge in [-0.25, -0.2) is 0 Å². The number of nitrogens with zero attached hydrogens (tertiary/aromatic N) is 1. The Morgan fingerprint density at radius 1 is 1.19 bits per heavy atom. The van der Waals surface area contributed by atoms with E-state index in [0.717, 1.165) is 30.5 Å². The van der Waals surface area contributed by atoms with E-state index in [1.165, 1.54) is 5.56 Å². The molecule has 0 saturated carbocycles. The van der Waals surface area contributed by atoms with Crippen LogP contribution < -0.4 is 10.9 Å². The maximum absolute atomic E-state index is 12.2. The topological polar surface area (TPSA) is 85.8 Å². The summed E-state index contributed by atoms with van der Waals surface area (Å²) in [6.07, 6.45) is 4.14. The largest absolute Gasteiger partial charge is 0.326 e. The number of unbranched alkanes of at least 4 members (excludes halogenated alkanes) is 1. The van der Waals surface area contributed by atoms with Crippen LogP contribution in [0.5, 0.6) is 0 Å². The second kappa shape index (κ2) is 9.00. The number of rotatable bonds is 7. The number of anilines is 1. The number of hydrogen-bond acceptors (Lipinski definition) is 3. The van der Waals surface area contributed by atoms with Gasteiger partial charge >= 0.3 is 0 Å². The van der Waals surface area contributed by atoms with Crippen molar-refractivity contribution < 1.29 is 4.79 Å². The predicted octanol–water partition coefficient (Wildman–Crippen LogP) is 3.78. The highest BCUT2D eigenvalue weighted by Gasteiger charge is 2.13. The molecule has 0 spiro atoms. The van der Waals surface area contributed by atoms with Gasteiger partial charge in [-0.05, 0) is 61.9 Å². The van der Waals surface area contributed by atoms with Crippen LogP contribution in [0, 0.1) is 25.2 Å². The van der Waals surface area contributed by atoms with Crippen LogP contribution in [0.3, 0.4) is 0 Å². The number of hydrogen-bond donors (Lipinski definition) is 2. The molecule has 2 N–H and O–H groups in total. The number of amides is 1. The van der Waals surface area contributed by atoms with E-state index in [9.17, 15) is 9.59 Å². The summed E-state index contributed by atoms with van der Waals surface area (Å²) in [5, 5.41) is 12.0. The lowest BCUT2D eigenvalue weighted by molar-refractivity contribution is -0.116. The van der Waals surface area contributed by atoms with Gasteiger partial charge < -0.3 is 10.3 Å². The Balaban J connectivity index is 1.99. The third kappa shape index (κ3) is 4.82. The number of benzene rings is 1. The van der Waals surface area contributed by atoms with Crippen molar-refractivity contribution in [2.45, 2.75) is 52.9 Å². The van der Waals surface area contributed by atoms with Gasteiger partial charge in [0, 0.05) is 17.8 Å². The highest BCUT2D eigenvalue weighted by molar-refractivity contribution is 5.90. The summed E-state index contributed by atoms with van der Waals surface area (Å²) in [6.45, 7) is 5.71. The summed E-state index contributed by atoms with van der Waals surface area (Å²) < 4.78 is 0. The number of carbonyl (C=O) groups excluding carboxylic acids is 1. The van der Waals surface area contributed by atoms with Crippen LogP contribution in [-0.4, -0.2) is 10.9 Å². The summed E-state index contributed by atoms with van der Waals surface area (Å²) in [4.78, 5) is 26.7. The number of H-pyrrole nitrogens is 1. The molecule has 0 unspecified atom stereocenters. The van der Waals surface area contributed by atoms with Crippen LogP contribution in [0.15, 0.2) is 29.1 Å². The van der Waals surface area contributed by atoms with Gasteiger partial charge in [0.1, 0.15) is 11.6 Å². The van der Waals surface area contributed by atoms with Gasteiger partial charge in [0.05, 0.1) is 0 Å². The minimum atomic E-state index is -0.376. The van der Waals surface area contributed by atoms with Crippen molar-refractivity contribution in [3.05, 3.63) is 62.6 Å². The molecule has 0 aliphatic carbocycles. The first kappa shape index (κ1) is 19.5. The Labute approximate surface area is 154 Å². The van der Waals surface area contributed by atoms with E-state index < -0.39 is 0 Å². The molecule has 0 atom stereocenters. The van der Waals surface area contributed by atoms with Crippen LogP contribution >= 0.6 is 0 Å². The Bertz CT molecular complexity index is 874. The second-order valence-electron chi connectivity index (χ2n) is 6.52. The molecule has 0 saturated heterocycles. The third-order valence-corrected chi connectivity index (χ3v) is 4.58. The number of pyridine rings is 1. The number of aromatic amines is 1. The molecule has 1 amide bonds. The molecule has 0 fully saturated rings. The summed E-state index contributed by atoms with van der Waals surface area (Å²) in [5.74, 6) is -0.0881. The zero-order valence-corrected chi connectivity index (χ0v) is 15.6. The lowest BCUT2D eigenvalue weighted by Gasteiger charge is -2.11. The molecule has 136 valence electrons. The van der Waals surface area contributed by atoms with E-state index >= 15 is 0 Å². The van der Waals surface area contributed by atoms with Crippen LogP contribution in [0.1, 0.15) is 54.1 Å². The van der Waals surface area contributed by atoms with Crippen molar-refractivity contribution >= 4 is 11.6 Å². The third-order valence-electron chi connectivity index (χ3n) is 4.58. The molecule has 0 bridgehead atoms. The number of aromatic nitrogens is 1. The van der Waals surface area contributed by atoms with Crippen molar-refractivity contribution in [3.8, 4) is 6.07 Å². The average molecular weight is 351 g/mol. The molecule has 0 radical (unpaired) electrons. The SMILES string of the molecule is CCCCc1ccc(NC(=O)CCc2c(C)[nH]c(=O)c(C#N)c2C)cc1. The summed E-state index contributed by atoms with van der Waals surface area (Å²) >= 11 is 0. The summed E-state index contributed by atoms with van der Waals surface area (Å²) in [7, 11) is 0. The summed E-state index contributed by atoms with van der Waals surface area (Å²) in [6, 6.07) is 9.87. The van der Waals surface area contributed by atoms with Gasteiger partial charge in [-0.3, -0.25) is 9.59 Å². The van der Waals surface area contributed by atoms with Crippen LogP contribution in [0.25, 0.3) is 0 Å². The van der Waals surface area contributed by atoms with Crippen LogP contribution in [0.4, 0.5) is 5.69 Å². The molecule has 5 nitrogen and oxygen atoms in total. The van der Waals surface area contributed by atoms with Crippen LogP contribution in [-0.2, 0) is 17.6 Å².